The van der Waals surface area contributed by atoms with Crippen LogP contribution in [-0.2, 0) is 13.5 Å². The monoisotopic (exact) mass is 140 g/mol. The lowest BCUT2D eigenvalue weighted by atomic mass is 10.3. The average molecular weight is 140 g/mol. The van der Waals surface area contributed by atoms with Gasteiger partial charge in [-0.05, 0) is 12.5 Å². The van der Waals surface area contributed by atoms with Crippen LogP contribution < -0.4 is 0 Å². The van der Waals surface area contributed by atoms with Crippen LogP contribution in [0.1, 0.15) is 26.5 Å². The third-order valence-corrected chi connectivity index (χ3v) is 1.28. The van der Waals surface area contributed by atoms with Gasteiger partial charge < -0.3 is 0 Å². The summed E-state index contributed by atoms with van der Waals surface area (Å²) in [6.07, 6.45) is 2.88. The van der Waals surface area contributed by atoms with E-state index in [0.29, 0.717) is 0 Å². The minimum Gasteiger partial charge on any atom is -0.273 e. The highest BCUT2D eigenvalue weighted by molar-refractivity contribution is 4.98. The van der Waals surface area contributed by atoms with E-state index in [1.807, 2.05) is 37.8 Å². The number of aromatic nitrogens is 2. The largest absolute Gasteiger partial charge is 0.273 e. The Hall–Kier alpha value is -0.790. The highest BCUT2D eigenvalue weighted by atomic mass is 15.2. The average Bonchev–Trinajstić information content (AvgIpc) is 2.39. The molecule has 0 saturated heterocycles. The maximum atomic E-state index is 4.00. The molecule has 0 amide bonds. The van der Waals surface area contributed by atoms with Crippen molar-refractivity contribution >= 4 is 0 Å². The molecule has 0 unspecified atom stereocenters. The summed E-state index contributed by atoms with van der Waals surface area (Å²) < 4.78 is 1.89. The number of rotatable bonds is 1. The van der Waals surface area contributed by atoms with Crippen molar-refractivity contribution in [2.24, 2.45) is 7.05 Å². The quantitative estimate of drug-likeness (QED) is 0.583. The first-order valence-corrected chi connectivity index (χ1v) is 3.81. The van der Waals surface area contributed by atoms with Gasteiger partial charge in [0.25, 0.3) is 0 Å². The van der Waals surface area contributed by atoms with Crippen molar-refractivity contribution in [1.29, 1.82) is 0 Å². The van der Waals surface area contributed by atoms with Gasteiger partial charge in [-0.2, -0.15) is 5.10 Å². The van der Waals surface area contributed by atoms with Crippen LogP contribution in [0.2, 0.25) is 0 Å². The zero-order chi connectivity index (χ0) is 7.98. The van der Waals surface area contributed by atoms with Crippen molar-refractivity contribution in [1.82, 2.24) is 9.78 Å². The molecule has 0 aliphatic heterocycles. The van der Waals surface area contributed by atoms with Gasteiger partial charge in [0.2, 0.25) is 0 Å². The second kappa shape index (κ2) is 5.03. The first-order chi connectivity index (χ1) is 4.84. The SMILES string of the molecule is CC.CCc1ccnn1C. The summed E-state index contributed by atoms with van der Waals surface area (Å²) in [5.74, 6) is 0. The topological polar surface area (TPSA) is 17.8 Å². The minimum atomic E-state index is 1.07. The van der Waals surface area contributed by atoms with Gasteiger partial charge in [-0.25, -0.2) is 0 Å². The molecule has 0 atom stereocenters. The first kappa shape index (κ1) is 9.21. The molecule has 0 aromatic carbocycles. The summed E-state index contributed by atoms with van der Waals surface area (Å²) in [6, 6.07) is 2.03. The smallest absolute Gasteiger partial charge is 0.0492 e. The predicted octanol–water partition coefficient (Wildman–Crippen LogP) is 2.01. The van der Waals surface area contributed by atoms with Crippen molar-refractivity contribution in [3.8, 4) is 0 Å². The van der Waals surface area contributed by atoms with E-state index >= 15 is 0 Å². The molecule has 1 heterocycles. The predicted molar refractivity (Wildman–Crippen MR) is 43.9 cm³/mol. The van der Waals surface area contributed by atoms with Gasteiger partial charge in [0, 0.05) is 18.9 Å². The van der Waals surface area contributed by atoms with E-state index in [1.54, 1.807) is 0 Å². The Balaban J connectivity index is 0.000000371. The Labute approximate surface area is 62.9 Å². The van der Waals surface area contributed by atoms with E-state index in [1.165, 1.54) is 5.69 Å². The van der Waals surface area contributed by atoms with E-state index in [-0.39, 0.29) is 0 Å². The molecule has 1 aromatic heterocycles. The van der Waals surface area contributed by atoms with E-state index in [9.17, 15) is 0 Å². The van der Waals surface area contributed by atoms with Crippen LogP contribution in [0.4, 0.5) is 0 Å². The van der Waals surface area contributed by atoms with Crippen LogP contribution in [0.3, 0.4) is 0 Å². The third-order valence-electron chi connectivity index (χ3n) is 1.28. The molecule has 0 spiro atoms. The van der Waals surface area contributed by atoms with Gasteiger partial charge in [-0.15, -0.1) is 0 Å². The molecule has 0 aliphatic rings. The molecule has 2 heteroatoms. The maximum absolute atomic E-state index is 4.00. The molecule has 1 rings (SSSR count). The summed E-state index contributed by atoms with van der Waals surface area (Å²) in [5.41, 5.74) is 1.28. The molecule has 1 aromatic rings. The lowest BCUT2D eigenvalue weighted by Crippen LogP contribution is -1.94. The van der Waals surface area contributed by atoms with Crippen LogP contribution in [0, 0.1) is 0 Å². The van der Waals surface area contributed by atoms with E-state index in [2.05, 4.69) is 12.0 Å². The molecule has 0 radical (unpaired) electrons. The van der Waals surface area contributed by atoms with Gasteiger partial charge in [0.1, 0.15) is 0 Å². The number of hydrogen-bond acceptors (Lipinski definition) is 1. The summed E-state index contributed by atoms with van der Waals surface area (Å²) in [5, 5.41) is 4.00. The van der Waals surface area contributed by atoms with Crippen LogP contribution >= 0.6 is 0 Å². The van der Waals surface area contributed by atoms with Crippen LogP contribution in [-0.4, -0.2) is 9.78 Å². The summed E-state index contributed by atoms with van der Waals surface area (Å²) in [7, 11) is 1.96. The van der Waals surface area contributed by atoms with Crippen molar-refractivity contribution < 1.29 is 0 Å². The van der Waals surface area contributed by atoms with Crippen molar-refractivity contribution in [3.63, 3.8) is 0 Å². The number of hydrogen-bond donors (Lipinski definition) is 0. The Bertz CT molecular complexity index is 168. The second-order valence-corrected chi connectivity index (χ2v) is 1.80. The third kappa shape index (κ3) is 2.21. The van der Waals surface area contributed by atoms with Gasteiger partial charge >= 0.3 is 0 Å². The van der Waals surface area contributed by atoms with E-state index in [4.69, 9.17) is 0 Å². The van der Waals surface area contributed by atoms with Gasteiger partial charge in [-0.1, -0.05) is 20.8 Å². The van der Waals surface area contributed by atoms with Gasteiger partial charge in [-0.3, -0.25) is 4.68 Å². The fourth-order valence-electron chi connectivity index (χ4n) is 0.748. The minimum absolute atomic E-state index is 1.07. The molecule has 58 valence electrons. The Morgan fingerprint density at radius 2 is 2.10 bits per heavy atom. The first-order valence-electron chi connectivity index (χ1n) is 3.81. The van der Waals surface area contributed by atoms with Crippen molar-refractivity contribution in [3.05, 3.63) is 18.0 Å². The second-order valence-electron chi connectivity index (χ2n) is 1.80. The summed E-state index contributed by atoms with van der Waals surface area (Å²) in [4.78, 5) is 0. The molecule has 0 bridgehead atoms. The van der Waals surface area contributed by atoms with Crippen molar-refractivity contribution in [2.75, 3.05) is 0 Å². The highest BCUT2D eigenvalue weighted by Gasteiger charge is 1.90. The zero-order valence-electron chi connectivity index (χ0n) is 7.26. The van der Waals surface area contributed by atoms with Crippen molar-refractivity contribution in [2.45, 2.75) is 27.2 Å². The standard InChI is InChI=1S/C6H10N2.C2H6/c1-3-6-4-5-7-8(6)2;1-2/h4-5H,3H2,1-2H3;1-2H3. The van der Waals surface area contributed by atoms with Gasteiger partial charge in [0.05, 0.1) is 0 Å². The Morgan fingerprint density at radius 3 is 2.30 bits per heavy atom. The normalized spacial score (nSPS) is 8.40. The molecular weight excluding hydrogens is 124 g/mol. The Kier molecular flexibility index (Phi) is 4.63. The summed E-state index contributed by atoms with van der Waals surface area (Å²) in [6.45, 7) is 6.12. The lowest BCUT2D eigenvalue weighted by Gasteiger charge is -1.92. The summed E-state index contributed by atoms with van der Waals surface area (Å²) >= 11 is 0. The highest BCUT2D eigenvalue weighted by Crippen LogP contribution is 1.94. The van der Waals surface area contributed by atoms with E-state index < -0.39 is 0 Å². The zero-order valence-corrected chi connectivity index (χ0v) is 7.26. The van der Waals surface area contributed by atoms with Crippen LogP contribution in [0.5, 0.6) is 0 Å². The Morgan fingerprint density at radius 1 is 1.50 bits per heavy atom. The fraction of sp³-hybridized carbons (Fsp3) is 0.625. The molecule has 0 aliphatic carbocycles. The lowest BCUT2D eigenvalue weighted by molar-refractivity contribution is 0.718. The maximum Gasteiger partial charge on any atom is 0.0492 e. The molecule has 0 saturated carbocycles. The fourth-order valence-corrected chi connectivity index (χ4v) is 0.748. The number of aryl methyl sites for hydroxylation is 2. The van der Waals surface area contributed by atoms with Crippen LogP contribution in [0.25, 0.3) is 0 Å². The molecule has 2 nitrogen and oxygen atoms in total. The molecular formula is C8H16N2. The van der Waals surface area contributed by atoms with E-state index in [0.717, 1.165) is 6.42 Å². The number of nitrogens with zero attached hydrogens (tertiary/aromatic N) is 2. The molecule has 0 fully saturated rings. The molecule has 10 heavy (non-hydrogen) atoms. The van der Waals surface area contributed by atoms with Gasteiger partial charge in [0.15, 0.2) is 0 Å². The van der Waals surface area contributed by atoms with Crippen LogP contribution in [0.15, 0.2) is 12.3 Å². The molecule has 0 N–H and O–H groups in total.